The molecule has 1 saturated heterocycles. The summed E-state index contributed by atoms with van der Waals surface area (Å²) in [6.07, 6.45) is 9.78. The standard InChI is InChI=1S/C27H29ClN4O2/c28-22-6-7-24(31-16-22)18-34-26-9-11-32(27(33)14-26)25-8-5-20-12-19(3-4-21(20)13-25)15-29-17-23-2-1-10-30-23/h3-4,6-7,9,11-14,16,23,29-30H,1-2,5,8,10,15,17-18H2/t23-/m1/s1. The minimum Gasteiger partial charge on any atom is -0.487 e. The zero-order valence-electron chi connectivity index (χ0n) is 19.1. The van der Waals surface area contributed by atoms with E-state index in [2.05, 4.69) is 39.9 Å². The van der Waals surface area contributed by atoms with Crippen molar-refractivity contribution in [3.05, 3.63) is 92.6 Å². The number of halogens is 1. The van der Waals surface area contributed by atoms with E-state index in [1.54, 1.807) is 23.0 Å². The van der Waals surface area contributed by atoms with Crippen LogP contribution in [0.2, 0.25) is 5.02 Å². The third-order valence-corrected chi connectivity index (χ3v) is 6.66. The molecule has 0 unspecified atom stereocenters. The molecular formula is C27H29ClN4O2. The van der Waals surface area contributed by atoms with Crippen molar-refractivity contribution in [1.29, 1.82) is 0 Å². The van der Waals surface area contributed by atoms with Gasteiger partial charge >= 0.3 is 0 Å². The third-order valence-electron chi connectivity index (χ3n) is 6.44. The fraction of sp³-hybridized carbons (Fsp3) is 0.333. The van der Waals surface area contributed by atoms with Crippen molar-refractivity contribution in [3.8, 4) is 5.75 Å². The Bertz CT molecular complexity index is 1230. The Hall–Kier alpha value is -2.93. The van der Waals surface area contributed by atoms with Gasteiger partial charge in [-0.15, -0.1) is 0 Å². The maximum absolute atomic E-state index is 12.8. The molecule has 3 aromatic rings. The van der Waals surface area contributed by atoms with Crippen molar-refractivity contribution in [2.45, 2.75) is 44.9 Å². The highest BCUT2D eigenvalue weighted by molar-refractivity contribution is 6.30. The molecule has 2 N–H and O–H groups in total. The highest BCUT2D eigenvalue weighted by Crippen LogP contribution is 2.27. The van der Waals surface area contributed by atoms with E-state index < -0.39 is 0 Å². The molecule has 1 aliphatic carbocycles. The zero-order chi connectivity index (χ0) is 23.3. The molecule has 1 fully saturated rings. The Morgan fingerprint density at radius 1 is 1.18 bits per heavy atom. The molecule has 0 spiro atoms. The summed E-state index contributed by atoms with van der Waals surface area (Å²) in [5, 5.41) is 7.68. The zero-order valence-corrected chi connectivity index (χ0v) is 19.9. The normalized spacial score (nSPS) is 17.3. The first-order valence-electron chi connectivity index (χ1n) is 11.9. The van der Waals surface area contributed by atoms with E-state index in [1.807, 2.05) is 12.1 Å². The summed E-state index contributed by atoms with van der Waals surface area (Å²) < 4.78 is 7.45. The summed E-state index contributed by atoms with van der Waals surface area (Å²) in [7, 11) is 0. The lowest BCUT2D eigenvalue weighted by atomic mass is 9.93. The quantitative estimate of drug-likeness (QED) is 0.508. The van der Waals surface area contributed by atoms with Crippen LogP contribution in [0.25, 0.3) is 11.8 Å². The van der Waals surface area contributed by atoms with E-state index in [9.17, 15) is 4.79 Å². The Balaban J connectivity index is 1.22. The van der Waals surface area contributed by atoms with Gasteiger partial charge in [-0.1, -0.05) is 29.8 Å². The van der Waals surface area contributed by atoms with Gasteiger partial charge in [-0.05, 0) is 73.2 Å². The molecule has 6 nitrogen and oxygen atoms in total. The second-order valence-corrected chi connectivity index (χ2v) is 9.36. The highest BCUT2D eigenvalue weighted by atomic mass is 35.5. The predicted octanol–water partition coefficient (Wildman–Crippen LogP) is 4.26. The third kappa shape index (κ3) is 5.58. The second-order valence-electron chi connectivity index (χ2n) is 8.92. The largest absolute Gasteiger partial charge is 0.487 e. The number of aromatic nitrogens is 2. The van der Waals surface area contributed by atoms with Crippen LogP contribution in [0.1, 0.15) is 41.6 Å². The van der Waals surface area contributed by atoms with E-state index in [0.29, 0.717) is 16.8 Å². The molecule has 0 saturated carbocycles. The summed E-state index contributed by atoms with van der Waals surface area (Å²) in [5.74, 6) is 0.528. The van der Waals surface area contributed by atoms with E-state index >= 15 is 0 Å². The average molecular weight is 477 g/mol. The van der Waals surface area contributed by atoms with Crippen molar-refractivity contribution in [3.63, 3.8) is 0 Å². The van der Waals surface area contributed by atoms with Gasteiger partial charge in [0, 0.05) is 43.3 Å². The number of allylic oxidation sites excluding steroid dienone is 1. The number of rotatable bonds is 8. The highest BCUT2D eigenvalue weighted by Gasteiger charge is 2.15. The van der Waals surface area contributed by atoms with Crippen LogP contribution in [-0.4, -0.2) is 28.7 Å². The van der Waals surface area contributed by atoms with Gasteiger partial charge in [-0.25, -0.2) is 0 Å². The van der Waals surface area contributed by atoms with Crippen molar-refractivity contribution in [1.82, 2.24) is 20.2 Å². The van der Waals surface area contributed by atoms with Crippen molar-refractivity contribution in [2.75, 3.05) is 13.1 Å². The molecule has 0 radical (unpaired) electrons. The summed E-state index contributed by atoms with van der Waals surface area (Å²) in [5.41, 5.74) is 5.49. The summed E-state index contributed by atoms with van der Waals surface area (Å²) in [6, 6.07) is 14.2. The summed E-state index contributed by atoms with van der Waals surface area (Å²) in [6.45, 7) is 3.32. The van der Waals surface area contributed by atoms with Crippen LogP contribution in [-0.2, 0) is 19.6 Å². The number of fused-ring (bicyclic) bond motifs is 1. The van der Waals surface area contributed by atoms with Crippen LogP contribution < -0.4 is 20.9 Å². The molecule has 176 valence electrons. The van der Waals surface area contributed by atoms with Crippen LogP contribution >= 0.6 is 11.6 Å². The Labute approximate surface area is 204 Å². The molecule has 7 heteroatoms. The van der Waals surface area contributed by atoms with Gasteiger partial charge in [-0.2, -0.15) is 0 Å². The number of pyridine rings is 2. The maximum atomic E-state index is 12.8. The summed E-state index contributed by atoms with van der Waals surface area (Å²) >= 11 is 5.86. The fourth-order valence-electron chi connectivity index (χ4n) is 4.59. The van der Waals surface area contributed by atoms with Crippen LogP contribution in [0.15, 0.2) is 59.7 Å². The van der Waals surface area contributed by atoms with Gasteiger partial charge in [0.25, 0.3) is 5.56 Å². The first-order chi connectivity index (χ1) is 16.6. The van der Waals surface area contributed by atoms with E-state index in [0.717, 1.165) is 43.9 Å². The molecule has 1 aromatic carbocycles. The second kappa shape index (κ2) is 10.6. The van der Waals surface area contributed by atoms with E-state index in [4.69, 9.17) is 16.3 Å². The number of hydrogen-bond donors (Lipinski definition) is 2. The maximum Gasteiger partial charge on any atom is 0.258 e. The number of ether oxygens (including phenoxy) is 1. The summed E-state index contributed by atoms with van der Waals surface area (Å²) in [4.78, 5) is 17.0. The first-order valence-corrected chi connectivity index (χ1v) is 12.2. The van der Waals surface area contributed by atoms with Crippen molar-refractivity contribution in [2.24, 2.45) is 0 Å². The number of hydrogen-bond acceptors (Lipinski definition) is 5. The lowest BCUT2D eigenvalue weighted by molar-refractivity contribution is 0.300. The van der Waals surface area contributed by atoms with Gasteiger partial charge in [0.05, 0.1) is 10.7 Å². The number of nitrogens with one attached hydrogen (secondary N) is 2. The van der Waals surface area contributed by atoms with Gasteiger partial charge in [0.1, 0.15) is 12.4 Å². The van der Waals surface area contributed by atoms with Crippen LogP contribution in [0.5, 0.6) is 5.75 Å². The first kappa shape index (κ1) is 22.8. The lowest BCUT2D eigenvalue weighted by Gasteiger charge is -2.19. The Kier molecular flexibility index (Phi) is 7.09. The van der Waals surface area contributed by atoms with Crippen molar-refractivity contribution >= 4 is 23.4 Å². The molecular weight excluding hydrogens is 448 g/mol. The monoisotopic (exact) mass is 476 g/mol. The molecule has 34 heavy (non-hydrogen) atoms. The van der Waals surface area contributed by atoms with Gasteiger partial charge in [-0.3, -0.25) is 14.3 Å². The minimum absolute atomic E-state index is 0.0994. The minimum atomic E-state index is -0.0994. The van der Waals surface area contributed by atoms with Gasteiger partial charge < -0.3 is 15.4 Å². The molecule has 3 heterocycles. The predicted molar refractivity (Wildman–Crippen MR) is 136 cm³/mol. The van der Waals surface area contributed by atoms with E-state index in [-0.39, 0.29) is 12.2 Å². The molecule has 2 aliphatic rings. The molecule has 0 amide bonds. The number of benzene rings is 1. The molecule has 1 atom stereocenters. The Morgan fingerprint density at radius 2 is 2.12 bits per heavy atom. The molecule has 0 bridgehead atoms. The van der Waals surface area contributed by atoms with Gasteiger partial charge in [0.15, 0.2) is 0 Å². The number of aryl methyl sites for hydroxylation is 1. The number of nitrogens with zero attached hydrogens (tertiary/aromatic N) is 2. The fourth-order valence-corrected chi connectivity index (χ4v) is 4.70. The lowest BCUT2D eigenvalue weighted by Crippen LogP contribution is -2.33. The SMILES string of the molecule is O=c1cc(OCc2ccc(Cl)cn2)ccn1C1=Cc2ccc(CNC[C@H]3CCCN3)cc2CC1. The van der Waals surface area contributed by atoms with Gasteiger partial charge in [0.2, 0.25) is 0 Å². The molecule has 1 aliphatic heterocycles. The van der Waals surface area contributed by atoms with Crippen LogP contribution in [0, 0.1) is 0 Å². The smallest absolute Gasteiger partial charge is 0.258 e. The van der Waals surface area contributed by atoms with Crippen LogP contribution in [0.3, 0.4) is 0 Å². The van der Waals surface area contributed by atoms with Crippen molar-refractivity contribution < 1.29 is 4.74 Å². The Morgan fingerprint density at radius 3 is 2.91 bits per heavy atom. The van der Waals surface area contributed by atoms with E-state index in [1.165, 1.54) is 35.6 Å². The average Bonchev–Trinajstić information content (AvgIpc) is 3.37. The molecule has 2 aromatic heterocycles. The molecule has 5 rings (SSSR count). The van der Waals surface area contributed by atoms with Crippen LogP contribution in [0.4, 0.5) is 0 Å². The topological polar surface area (TPSA) is 68.2 Å².